The Bertz CT molecular complexity index is 209. The Morgan fingerprint density at radius 1 is 1.00 bits per heavy atom. The van der Waals surface area contributed by atoms with Crippen molar-refractivity contribution < 1.29 is 17.6 Å². The maximum absolute atomic E-state index is 13.7. The maximum Gasteiger partial charge on any atom is 0.315 e. The van der Waals surface area contributed by atoms with E-state index < -0.39 is 23.2 Å². The number of halogens is 4. The van der Waals surface area contributed by atoms with Gasteiger partial charge in [0.25, 0.3) is 0 Å². The zero-order chi connectivity index (χ0) is 12.5. The SMILES string of the molecule is CCC(C)C(F)(F)C(F)(F)C(C)(C)CC. The molecular weight excluding hydrogens is 208 g/mol. The van der Waals surface area contributed by atoms with Gasteiger partial charge in [-0.3, -0.25) is 0 Å². The van der Waals surface area contributed by atoms with Crippen LogP contribution in [-0.2, 0) is 0 Å². The molecule has 0 amide bonds. The summed E-state index contributed by atoms with van der Waals surface area (Å²) >= 11 is 0. The van der Waals surface area contributed by atoms with E-state index >= 15 is 0 Å². The summed E-state index contributed by atoms with van der Waals surface area (Å²) in [7, 11) is 0. The normalized spacial score (nSPS) is 16.6. The molecule has 0 aromatic rings. The first kappa shape index (κ1) is 14.7. The van der Waals surface area contributed by atoms with Crippen LogP contribution < -0.4 is 0 Å². The predicted octanol–water partition coefficient (Wildman–Crippen LogP) is 4.74. The molecule has 1 unspecified atom stereocenters. The van der Waals surface area contributed by atoms with E-state index in [0.29, 0.717) is 0 Å². The predicted molar refractivity (Wildman–Crippen MR) is 53.4 cm³/mol. The lowest BCUT2D eigenvalue weighted by Gasteiger charge is -2.40. The van der Waals surface area contributed by atoms with E-state index in [-0.39, 0.29) is 12.8 Å². The van der Waals surface area contributed by atoms with Crippen LogP contribution in [0.15, 0.2) is 0 Å². The average molecular weight is 228 g/mol. The van der Waals surface area contributed by atoms with Gasteiger partial charge in [-0.15, -0.1) is 0 Å². The molecule has 0 aliphatic rings. The summed E-state index contributed by atoms with van der Waals surface area (Å²) in [4.78, 5) is 0. The highest BCUT2D eigenvalue weighted by Crippen LogP contribution is 2.52. The van der Waals surface area contributed by atoms with Crippen molar-refractivity contribution >= 4 is 0 Å². The molecule has 0 heterocycles. The first-order valence-electron chi connectivity index (χ1n) is 5.30. The zero-order valence-electron chi connectivity index (χ0n) is 10.0. The van der Waals surface area contributed by atoms with E-state index in [1.807, 2.05) is 0 Å². The van der Waals surface area contributed by atoms with Crippen molar-refractivity contribution in [3.05, 3.63) is 0 Å². The van der Waals surface area contributed by atoms with Crippen LogP contribution in [0.2, 0.25) is 0 Å². The summed E-state index contributed by atoms with van der Waals surface area (Å²) in [6, 6.07) is 0. The quantitative estimate of drug-likeness (QED) is 0.596. The smallest absolute Gasteiger partial charge is 0.200 e. The molecule has 1 atom stereocenters. The molecule has 0 aromatic carbocycles. The molecule has 0 aliphatic heterocycles. The van der Waals surface area contributed by atoms with Crippen molar-refractivity contribution in [2.24, 2.45) is 11.3 Å². The molecule has 0 bridgehead atoms. The van der Waals surface area contributed by atoms with Gasteiger partial charge in [0.1, 0.15) is 0 Å². The summed E-state index contributed by atoms with van der Waals surface area (Å²) < 4.78 is 54.4. The van der Waals surface area contributed by atoms with Crippen LogP contribution in [0.1, 0.15) is 47.5 Å². The highest BCUT2D eigenvalue weighted by molar-refractivity contribution is 4.97. The van der Waals surface area contributed by atoms with Crippen molar-refractivity contribution in [1.29, 1.82) is 0 Å². The standard InChI is InChI=1S/C11H20F4/c1-6-8(3)10(12,13)11(14,15)9(4,5)7-2/h8H,6-7H2,1-5H3. The lowest BCUT2D eigenvalue weighted by atomic mass is 9.76. The van der Waals surface area contributed by atoms with Gasteiger partial charge in [-0.25, -0.2) is 0 Å². The third kappa shape index (κ3) is 2.28. The van der Waals surface area contributed by atoms with E-state index in [9.17, 15) is 17.6 Å². The van der Waals surface area contributed by atoms with E-state index in [0.717, 1.165) is 0 Å². The molecule has 0 aliphatic carbocycles. The van der Waals surface area contributed by atoms with Crippen LogP contribution >= 0.6 is 0 Å². The molecule has 4 heteroatoms. The molecule has 0 saturated carbocycles. The van der Waals surface area contributed by atoms with Crippen LogP contribution in [0.3, 0.4) is 0 Å². The molecule has 0 saturated heterocycles. The number of rotatable bonds is 5. The Hall–Kier alpha value is -0.280. The lowest BCUT2D eigenvalue weighted by Crippen LogP contribution is -2.54. The monoisotopic (exact) mass is 228 g/mol. The molecule has 0 rings (SSSR count). The summed E-state index contributed by atoms with van der Waals surface area (Å²) in [5, 5.41) is 0. The van der Waals surface area contributed by atoms with Gasteiger partial charge >= 0.3 is 11.8 Å². The van der Waals surface area contributed by atoms with Crippen LogP contribution in [0.25, 0.3) is 0 Å². The van der Waals surface area contributed by atoms with Crippen molar-refractivity contribution in [2.45, 2.75) is 59.3 Å². The second kappa shape index (κ2) is 4.30. The zero-order valence-corrected chi connectivity index (χ0v) is 10.0. The largest absolute Gasteiger partial charge is 0.315 e. The lowest BCUT2D eigenvalue weighted by molar-refractivity contribution is -0.281. The Labute approximate surface area is 89.1 Å². The summed E-state index contributed by atoms with van der Waals surface area (Å²) in [6.45, 7) is 6.53. The number of hydrogen-bond donors (Lipinski definition) is 0. The summed E-state index contributed by atoms with van der Waals surface area (Å²) in [5.74, 6) is -9.22. The molecule has 92 valence electrons. The highest BCUT2D eigenvalue weighted by atomic mass is 19.3. The second-order valence-electron chi connectivity index (χ2n) is 4.74. The Morgan fingerprint density at radius 3 is 1.67 bits per heavy atom. The third-order valence-corrected chi connectivity index (χ3v) is 3.38. The van der Waals surface area contributed by atoms with Gasteiger partial charge in [-0.2, -0.15) is 17.6 Å². The minimum atomic E-state index is -3.97. The van der Waals surface area contributed by atoms with E-state index in [1.54, 1.807) is 0 Å². The fourth-order valence-electron chi connectivity index (χ4n) is 1.24. The Morgan fingerprint density at radius 2 is 1.40 bits per heavy atom. The fourth-order valence-corrected chi connectivity index (χ4v) is 1.24. The molecule has 0 N–H and O–H groups in total. The van der Waals surface area contributed by atoms with Gasteiger partial charge in [-0.1, -0.05) is 34.6 Å². The highest BCUT2D eigenvalue weighted by Gasteiger charge is 2.65. The fraction of sp³-hybridized carbons (Fsp3) is 1.00. The molecular formula is C11H20F4. The van der Waals surface area contributed by atoms with Gasteiger partial charge in [0.2, 0.25) is 0 Å². The molecule has 15 heavy (non-hydrogen) atoms. The van der Waals surface area contributed by atoms with Gasteiger partial charge in [-0.05, 0) is 12.8 Å². The molecule has 0 spiro atoms. The van der Waals surface area contributed by atoms with Gasteiger partial charge in [0.05, 0.1) is 0 Å². The van der Waals surface area contributed by atoms with Gasteiger partial charge in [0, 0.05) is 11.3 Å². The maximum atomic E-state index is 13.7. The molecule has 0 aromatic heterocycles. The second-order valence-corrected chi connectivity index (χ2v) is 4.74. The van der Waals surface area contributed by atoms with Crippen molar-refractivity contribution in [2.75, 3.05) is 0 Å². The van der Waals surface area contributed by atoms with Crippen LogP contribution in [0.5, 0.6) is 0 Å². The summed E-state index contributed by atoms with van der Waals surface area (Å²) in [6.07, 6.45) is 0.0639. The Balaban J connectivity index is 5.17. The number of hydrogen-bond acceptors (Lipinski definition) is 0. The minimum Gasteiger partial charge on any atom is -0.200 e. The van der Waals surface area contributed by atoms with E-state index in [4.69, 9.17) is 0 Å². The van der Waals surface area contributed by atoms with E-state index in [1.165, 1.54) is 34.6 Å². The van der Waals surface area contributed by atoms with Crippen LogP contribution in [-0.4, -0.2) is 11.8 Å². The first-order chi connectivity index (χ1) is 6.54. The molecule has 0 nitrogen and oxygen atoms in total. The van der Waals surface area contributed by atoms with Gasteiger partial charge in [0.15, 0.2) is 0 Å². The summed E-state index contributed by atoms with van der Waals surface area (Å²) in [5.41, 5.74) is -1.68. The van der Waals surface area contributed by atoms with Gasteiger partial charge < -0.3 is 0 Å². The molecule has 0 radical (unpaired) electrons. The van der Waals surface area contributed by atoms with E-state index in [2.05, 4.69) is 0 Å². The minimum absolute atomic E-state index is 0.0199. The Kier molecular flexibility index (Phi) is 4.22. The van der Waals surface area contributed by atoms with Crippen molar-refractivity contribution in [3.8, 4) is 0 Å². The van der Waals surface area contributed by atoms with Crippen molar-refractivity contribution in [3.63, 3.8) is 0 Å². The topological polar surface area (TPSA) is 0 Å². The van der Waals surface area contributed by atoms with Crippen LogP contribution in [0, 0.1) is 11.3 Å². The average Bonchev–Trinajstić information content (AvgIpc) is 2.15. The third-order valence-electron chi connectivity index (χ3n) is 3.38. The van der Waals surface area contributed by atoms with Crippen LogP contribution in [0.4, 0.5) is 17.6 Å². The molecule has 0 fully saturated rings. The van der Waals surface area contributed by atoms with Crippen molar-refractivity contribution in [1.82, 2.24) is 0 Å². The number of alkyl halides is 4. The first-order valence-corrected chi connectivity index (χ1v) is 5.30.